The Balaban J connectivity index is -0.0000000554. The van der Waals surface area contributed by atoms with Gasteiger partial charge in [-0.25, -0.2) is 52.7 Å². The van der Waals surface area contributed by atoms with Crippen LogP contribution in [-0.2, 0) is 52.1 Å². The Morgan fingerprint density at radius 1 is 0.345 bits per heavy atom. The number of allylic oxidation sites excluding steroid dienone is 2. The summed E-state index contributed by atoms with van der Waals surface area (Å²) in [5, 5.41) is 101. The van der Waals surface area contributed by atoms with Crippen LogP contribution in [0.5, 0.6) is 0 Å². The van der Waals surface area contributed by atoms with Crippen LogP contribution in [0.15, 0.2) is 24.4 Å². The average Bonchev–Trinajstić information content (AvgIpc) is 3.12. The van der Waals surface area contributed by atoms with Crippen molar-refractivity contribution in [2.45, 2.75) is 115 Å². The quantitative estimate of drug-likeness (QED) is 0.131. The zero-order valence-corrected chi connectivity index (χ0v) is 33.8. The molecule has 0 unspecified atom stereocenters. The van der Waals surface area contributed by atoms with E-state index in [1.54, 1.807) is 6.20 Å². The van der Waals surface area contributed by atoms with E-state index >= 15 is 0 Å². The molecule has 0 atom stereocenters. The van der Waals surface area contributed by atoms with E-state index in [2.05, 4.69) is 16.0 Å². The van der Waals surface area contributed by atoms with Gasteiger partial charge in [0.05, 0.1) is 0 Å². The largest absolute Gasteiger partial charge is 0.687 e. The fraction of sp³-hybridized carbons (Fsp3) is 0.852. The Morgan fingerprint density at radius 2 is 0.534 bits per heavy atom. The molecular formula is C27H52Cr3F12N3O13-3. The van der Waals surface area contributed by atoms with Crippen molar-refractivity contribution in [1.29, 1.82) is 0 Å². The predicted molar refractivity (Wildman–Crippen MR) is 169 cm³/mol. The smallest absolute Gasteiger partial charge is 0.288 e. The van der Waals surface area contributed by atoms with E-state index < -0.39 is 76.3 Å². The molecule has 3 rings (SSSR count). The number of piperidine rings is 2. The number of aliphatic hydroxyl groups excluding tert-OH is 6. The minimum atomic E-state index is -3.04. The van der Waals surface area contributed by atoms with Gasteiger partial charge in [0, 0.05) is 52.1 Å². The molecule has 31 heteroatoms. The molecule has 3 aliphatic heterocycles. The number of halogens is 12. The van der Waals surface area contributed by atoms with Crippen LogP contribution >= 0.6 is 0 Å². The van der Waals surface area contributed by atoms with Crippen molar-refractivity contribution in [3.8, 4) is 0 Å². The maximum Gasteiger partial charge on any atom is 0.288 e. The fourth-order valence-electron chi connectivity index (χ4n) is 1.84. The molecule has 0 aromatic rings. The van der Waals surface area contributed by atoms with E-state index in [1.165, 1.54) is 38.5 Å². The Labute approximate surface area is 358 Å². The molecule has 3 heterocycles. The summed E-state index contributed by atoms with van der Waals surface area (Å²) in [4.78, 5) is 0. The summed E-state index contributed by atoms with van der Waals surface area (Å²) in [6, 6.07) is 0. The minimum absolute atomic E-state index is 0. The van der Waals surface area contributed by atoms with Gasteiger partial charge in [0.25, 0.3) is 38.6 Å². The second-order valence-corrected chi connectivity index (χ2v) is 9.09. The SMILES string of the molecule is C1=CC[N-]C=C1.C1CC[N-]CC1.C1CC[N-]CC1.O.OC(O)C(F)F.OC(O)C(F)F.OC(O)C(F)F.OC(O)C(F)F.OC(O)C(F)F.OC(O)C(F)F.[Cr].[Cr].[Cr]. The van der Waals surface area contributed by atoms with Crippen molar-refractivity contribution in [3.05, 3.63) is 40.4 Å². The van der Waals surface area contributed by atoms with Crippen LogP contribution in [0.2, 0.25) is 0 Å². The zero-order valence-electron chi connectivity index (χ0n) is 30.0. The standard InChI is InChI=1S/2C5H10N.C5H6N.6C2H4F2O2.3Cr.H2O/c3*1-2-4-6-5-3-1;6*3-1(4)2(5)6;;;;/h2*1-5H2;1-4H,5H2;6*1-2,5-6H;;;;1H2/q3*-1;;;;;;;;;;. The van der Waals surface area contributed by atoms with E-state index in [4.69, 9.17) is 61.3 Å². The van der Waals surface area contributed by atoms with Crippen molar-refractivity contribution in [2.24, 2.45) is 0 Å². The molecule has 2 saturated heterocycles. The van der Waals surface area contributed by atoms with E-state index in [0.717, 1.165) is 32.7 Å². The summed E-state index contributed by atoms with van der Waals surface area (Å²) in [5.41, 5.74) is 0. The summed E-state index contributed by atoms with van der Waals surface area (Å²) in [5.74, 6) is 0. The van der Waals surface area contributed by atoms with Crippen LogP contribution in [0.1, 0.15) is 38.5 Å². The molecule has 0 spiro atoms. The zero-order chi connectivity index (χ0) is 43.7. The van der Waals surface area contributed by atoms with Crippen LogP contribution in [-0.4, -0.2) is 176 Å². The van der Waals surface area contributed by atoms with Gasteiger partial charge in [-0.05, 0) is 0 Å². The number of aliphatic hydroxyl groups is 12. The summed E-state index contributed by atoms with van der Waals surface area (Å²) in [6.07, 6.45) is -17.2. The number of alkyl halides is 12. The van der Waals surface area contributed by atoms with Crippen molar-refractivity contribution >= 4 is 0 Å². The third kappa shape index (κ3) is 95.7. The Bertz CT molecular complexity index is 603. The Morgan fingerprint density at radius 3 is 0.569 bits per heavy atom. The predicted octanol–water partition coefficient (Wildman–Crippen LogP) is 1.07. The second-order valence-electron chi connectivity index (χ2n) is 9.09. The molecule has 358 valence electrons. The maximum absolute atomic E-state index is 10.7. The third-order valence-corrected chi connectivity index (χ3v) is 4.27. The molecule has 3 aliphatic rings. The van der Waals surface area contributed by atoms with Crippen LogP contribution in [0.4, 0.5) is 52.7 Å². The summed E-state index contributed by atoms with van der Waals surface area (Å²) in [6.45, 7) is 5.36. The second kappa shape index (κ2) is 60.7. The average molecular weight is 1010 g/mol. The normalized spacial score (nSPS) is 13.6. The van der Waals surface area contributed by atoms with Crippen LogP contribution in [0, 0.1) is 0 Å². The number of hydrogen-bond donors (Lipinski definition) is 12. The van der Waals surface area contributed by atoms with Crippen molar-refractivity contribution < 1.29 is 172 Å². The number of nitrogens with zero attached hydrogens (tertiary/aromatic N) is 3. The summed E-state index contributed by atoms with van der Waals surface area (Å²) in [7, 11) is 0. The molecular weight excluding hydrogens is 958 g/mol. The molecule has 0 amide bonds. The van der Waals surface area contributed by atoms with Crippen molar-refractivity contribution in [2.75, 3.05) is 32.7 Å². The van der Waals surface area contributed by atoms with E-state index in [-0.39, 0.29) is 57.6 Å². The van der Waals surface area contributed by atoms with Gasteiger partial charge in [0.1, 0.15) is 0 Å². The number of rotatable bonds is 6. The first-order chi connectivity index (χ1) is 24.9. The van der Waals surface area contributed by atoms with Gasteiger partial charge in [-0.2, -0.15) is 6.20 Å². The first kappa shape index (κ1) is 81.3. The molecule has 0 radical (unpaired) electrons. The molecule has 14 N–H and O–H groups in total. The molecule has 0 aromatic heterocycles. The molecule has 2 fully saturated rings. The van der Waals surface area contributed by atoms with Crippen LogP contribution < -0.4 is 0 Å². The monoisotopic (exact) mass is 1010 g/mol. The number of hydrogen-bond acceptors (Lipinski definition) is 12. The topological polar surface area (TPSA) is 317 Å². The van der Waals surface area contributed by atoms with Gasteiger partial charge in [0.2, 0.25) is 37.7 Å². The van der Waals surface area contributed by atoms with E-state index in [0.29, 0.717) is 0 Å². The van der Waals surface area contributed by atoms with Crippen molar-refractivity contribution in [3.63, 3.8) is 0 Å². The Hall–Kier alpha value is -0.563. The molecule has 0 aromatic carbocycles. The van der Waals surface area contributed by atoms with Gasteiger partial charge < -0.3 is 82.7 Å². The Kier molecular flexibility index (Phi) is 85.1. The first-order valence-electron chi connectivity index (χ1n) is 15.0. The van der Waals surface area contributed by atoms with Gasteiger partial charge in [-0.15, -0.1) is 38.8 Å². The summed E-state index contributed by atoms with van der Waals surface area (Å²) < 4.78 is 128. The van der Waals surface area contributed by atoms with Gasteiger partial charge >= 0.3 is 0 Å². The van der Waals surface area contributed by atoms with Gasteiger partial charge in [-0.1, -0.05) is 50.7 Å². The van der Waals surface area contributed by atoms with Crippen LogP contribution in [0.3, 0.4) is 0 Å². The molecule has 0 saturated carbocycles. The van der Waals surface area contributed by atoms with Crippen molar-refractivity contribution in [1.82, 2.24) is 0 Å². The summed E-state index contributed by atoms with van der Waals surface area (Å²) >= 11 is 0. The molecule has 0 bridgehead atoms. The van der Waals surface area contributed by atoms with E-state index in [1.807, 2.05) is 18.2 Å². The first-order valence-corrected chi connectivity index (χ1v) is 15.0. The van der Waals surface area contributed by atoms with Gasteiger partial charge in [0.15, 0.2) is 0 Å². The molecule has 0 aliphatic carbocycles. The molecule has 58 heavy (non-hydrogen) atoms. The minimum Gasteiger partial charge on any atom is -0.687 e. The van der Waals surface area contributed by atoms with Gasteiger partial charge in [-0.3, -0.25) is 0 Å². The fourth-order valence-corrected chi connectivity index (χ4v) is 1.84. The third-order valence-electron chi connectivity index (χ3n) is 4.27. The van der Waals surface area contributed by atoms with E-state index in [9.17, 15) is 52.7 Å². The van der Waals surface area contributed by atoms with Crippen LogP contribution in [0.25, 0.3) is 16.0 Å². The maximum atomic E-state index is 10.7. The molecule has 16 nitrogen and oxygen atoms in total.